The van der Waals surface area contributed by atoms with E-state index in [9.17, 15) is 0 Å². The number of rotatable bonds is 10. The molecule has 0 amide bonds. The van der Waals surface area contributed by atoms with Gasteiger partial charge in [-0.2, -0.15) is 0 Å². The van der Waals surface area contributed by atoms with Gasteiger partial charge in [0, 0.05) is 38.4 Å². The van der Waals surface area contributed by atoms with E-state index >= 15 is 0 Å². The quantitative estimate of drug-likeness (QED) is 0.296. The highest BCUT2D eigenvalue weighted by Gasteiger charge is 2.23. The zero-order valence-corrected chi connectivity index (χ0v) is 9.41. The number of aliphatic hydroxyl groups is 2. The van der Waals surface area contributed by atoms with E-state index in [1.54, 1.807) is 0 Å². The lowest BCUT2D eigenvalue weighted by Gasteiger charge is -2.29. The van der Waals surface area contributed by atoms with E-state index < -0.39 is 0 Å². The van der Waals surface area contributed by atoms with Gasteiger partial charge in [-0.05, 0) is 25.7 Å². The largest absolute Gasteiger partial charge is 0.396 e. The number of aliphatic hydroxyl groups excluding tert-OH is 2. The van der Waals surface area contributed by atoms with Crippen molar-refractivity contribution in [3.05, 3.63) is 0 Å². The van der Waals surface area contributed by atoms with E-state index in [1.165, 1.54) is 0 Å². The topological polar surface area (TPSA) is 105 Å². The molecule has 15 heavy (non-hydrogen) atoms. The molecule has 0 bridgehead atoms. The third kappa shape index (κ3) is 7.70. The van der Waals surface area contributed by atoms with Crippen LogP contribution in [0.2, 0.25) is 0 Å². The smallest absolute Gasteiger partial charge is 0.0431 e. The molecule has 0 aromatic carbocycles. The van der Waals surface area contributed by atoms with Crippen molar-refractivity contribution in [2.75, 3.05) is 32.8 Å². The van der Waals surface area contributed by atoms with Gasteiger partial charge in [0.2, 0.25) is 0 Å². The molecule has 7 N–H and O–H groups in total. The molecule has 0 rings (SSSR count). The van der Waals surface area contributed by atoms with Crippen molar-refractivity contribution >= 4 is 0 Å². The van der Waals surface area contributed by atoms with Crippen molar-refractivity contribution in [3.63, 3.8) is 0 Å². The molecule has 0 aliphatic rings. The second-order valence-corrected chi connectivity index (χ2v) is 3.98. The molecule has 0 aliphatic heterocycles. The Bertz CT molecular complexity index is 137. The third-order valence-corrected chi connectivity index (χ3v) is 2.46. The first-order chi connectivity index (χ1) is 7.18. The molecule has 92 valence electrons. The van der Waals surface area contributed by atoms with Gasteiger partial charge in [-0.25, -0.2) is 0 Å². The van der Waals surface area contributed by atoms with Crippen LogP contribution >= 0.6 is 0 Å². The van der Waals surface area contributed by atoms with Crippen LogP contribution in [0.1, 0.15) is 25.7 Å². The highest BCUT2D eigenvalue weighted by atomic mass is 16.3. The van der Waals surface area contributed by atoms with Crippen LogP contribution in [0.3, 0.4) is 0 Å². The minimum Gasteiger partial charge on any atom is -0.396 e. The molecule has 0 spiro atoms. The second kappa shape index (κ2) is 9.06. The van der Waals surface area contributed by atoms with Crippen LogP contribution in [0, 0.1) is 0 Å². The van der Waals surface area contributed by atoms with Crippen LogP contribution in [0.25, 0.3) is 0 Å². The number of hydrogen-bond donors (Lipinski definition) is 5. The standard InChI is InChI=1S/C10H25N3O2/c11-5-6-13-9-10(12,3-1-7-14)4-2-8-15/h13-15H,1-9,11-12H2. The summed E-state index contributed by atoms with van der Waals surface area (Å²) in [6.45, 7) is 2.35. The molecule has 0 aromatic heterocycles. The fourth-order valence-electron chi connectivity index (χ4n) is 1.60. The lowest BCUT2D eigenvalue weighted by Crippen LogP contribution is -2.49. The molecule has 0 fully saturated rings. The Hall–Kier alpha value is -0.200. The lowest BCUT2D eigenvalue weighted by molar-refractivity contribution is 0.228. The van der Waals surface area contributed by atoms with Gasteiger partial charge in [0.15, 0.2) is 0 Å². The number of hydrogen-bond acceptors (Lipinski definition) is 5. The highest BCUT2D eigenvalue weighted by Crippen LogP contribution is 2.15. The Labute approximate surface area is 91.8 Å². The van der Waals surface area contributed by atoms with Crippen molar-refractivity contribution in [2.24, 2.45) is 11.5 Å². The summed E-state index contributed by atoms with van der Waals surface area (Å²) < 4.78 is 0. The molecule has 0 radical (unpaired) electrons. The summed E-state index contributed by atoms with van der Waals surface area (Å²) in [5.41, 5.74) is 11.2. The van der Waals surface area contributed by atoms with Gasteiger partial charge < -0.3 is 27.0 Å². The van der Waals surface area contributed by atoms with Crippen LogP contribution in [0.15, 0.2) is 0 Å². The lowest BCUT2D eigenvalue weighted by atomic mass is 9.89. The predicted molar refractivity (Wildman–Crippen MR) is 61.5 cm³/mol. The van der Waals surface area contributed by atoms with Crippen LogP contribution in [-0.2, 0) is 0 Å². The molecule has 0 heterocycles. The van der Waals surface area contributed by atoms with Crippen molar-refractivity contribution in [1.82, 2.24) is 5.32 Å². The predicted octanol–water partition coefficient (Wildman–Crippen LogP) is -1.22. The van der Waals surface area contributed by atoms with Gasteiger partial charge in [0.1, 0.15) is 0 Å². The van der Waals surface area contributed by atoms with E-state index in [4.69, 9.17) is 21.7 Å². The van der Waals surface area contributed by atoms with Crippen LogP contribution in [0.4, 0.5) is 0 Å². The minimum atomic E-state index is -0.333. The minimum absolute atomic E-state index is 0.162. The van der Waals surface area contributed by atoms with Gasteiger partial charge in [-0.15, -0.1) is 0 Å². The van der Waals surface area contributed by atoms with Gasteiger partial charge >= 0.3 is 0 Å². The third-order valence-electron chi connectivity index (χ3n) is 2.46. The molecular formula is C10H25N3O2. The van der Waals surface area contributed by atoms with Crippen LogP contribution in [0.5, 0.6) is 0 Å². The molecule has 0 unspecified atom stereocenters. The molecule has 0 aromatic rings. The summed E-state index contributed by atoms with van der Waals surface area (Å²) in [7, 11) is 0. The number of nitrogens with two attached hydrogens (primary N) is 2. The fraction of sp³-hybridized carbons (Fsp3) is 1.00. The zero-order valence-electron chi connectivity index (χ0n) is 9.41. The molecule has 5 nitrogen and oxygen atoms in total. The molecule has 0 saturated carbocycles. The van der Waals surface area contributed by atoms with Crippen molar-refractivity contribution in [2.45, 2.75) is 31.2 Å². The molecule has 5 heteroatoms. The Morgan fingerprint density at radius 1 is 1.07 bits per heavy atom. The molecule has 0 atom stereocenters. The van der Waals surface area contributed by atoms with Crippen molar-refractivity contribution < 1.29 is 10.2 Å². The fourth-order valence-corrected chi connectivity index (χ4v) is 1.60. The zero-order chi connectivity index (χ0) is 11.6. The maximum Gasteiger partial charge on any atom is 0.0431 e. The summed E-state index contributed by atoms with van der Waals surface area (Å²) in [4.78, 5) is 0. The van der Waals surface area contributed by atoms with E-state index in [0.29, 0.717) is 25.9 Å². The monoisotopic (exact) mass is 219 g/mol. The molecular weight excluding hydrogens is 194 g/mol. The summed E-state index contributed by atoms with van der Waals surface area (Å²) >= 11 is 0. The van der Waals surface area contributed by atoms with Crippen LogP contribution in [-0.4, -0.2) is 48.6 Å². The Morgan fingerprint density at radius 3 is 2.00 bits per heavy atom. The summed E-state index contributed by atoms with van der Waals surface area (Å²) in [6, 6.07) is 0. The molecule has 0 aliphatic carbocycles. The van der Waals surface area contributed by atoms with Gasteiger partial charge in [0.05, 0.1) is 0 Å². The summed E-state index contributed by atoms with van der Waals surface area (Å²) in [5.74, 6) is 0. The van der Waals surface area contributed by atoms with Gasteiger partial charge in [-0.3, -0.25) is 0 Å². The SMILES string of the molecule is NCCNCC(N)(CCCO)CCCO. The molecule has 0 saturated heterocycles. The normalized spacial score (nSPS) is 12.0. The van der Waals surface area contributed by atoms with E-state index in [-0.39, 0.29) is 18.8 Å². The van der Waals surface area contributed by atoms with E-state index in [2.05, 4.69) is 5.32 Å². The highest BCUT2D eigenvalue weighted by molar-refractivity contribution is 4.86. The van der Waals surface area contributed by atoms with Crippen molar-refractivity contribution in [1.29, 1.82) is 0 Å². The first-order valence-electron chi connectivity index (χ1n) is 5.60. The first kappa shape index (κ1) is 14.8. The Morgan fingerprint density at radius 2 is 1.60 bits per heavy atom. The van der Waals surface area contributed by atoms with Gasteiger partial charge in [-0.1, -0.05) is 0 Å². The van der Waals surface area contributed by atoms with E-state index in [1.807, 2.05) is 0 Å². The van der Waals surface area contributed by atoms with E-state index in [0.717, 1.165) is 19.4 Å². The summed E-state index contributed by atoms with van der Waals surface area (Å²) in [6.07, 6.45) is 2.93. The Kier molecular flexibility index (Phi) is 8.94. The Balaban J connectivity index is 3.89. The first-order valence-corrected chi connectivity index (χ1v) is 5.60. The maximum absolute atomic E-state index is 8.78. The summed E-state index contributed by atoms with van der Waals surface area (Å²) in [5, 5.41) is 20.7. The second-order valence-electron chi connectivity index (χ2n) is 3.98. The average Bonchev–Trinajstić information content (AvgIpc) is 2.24. The maximum atomic E-state index is 8.78. The van der Waals surface area contributed by atoms with Gasteiger partial charge in [0.25, 0.3) is 0 Å². The van der Waals surface area contributed by atoms with Crippen molar-refractivity contribution in [3.8, 4) is 0 Å². The number of nitrogens with one attached hydrogen (secondary N) is 1. The average molecular weight is 219 g/mol. The van der Waals surface area contributed by atoms with Crippen LogP contribution < -0.4 is 16.8 Å².